The van der Waals surface area contributed by atoms with Crippen LogP contribution in [0.25, 0.3) is 16.9 Å². The lowest BCUT2D eigenvalue weighted by atomic mass is 10.0. The van der Waals surface area contributed by atoms with Crippen molar-refractivity contribution >= 4 is 18.1 Å². The maximum Gasteiger partial charge on any atom is 0.255 e. The normalized spacial score (nSPS) is 13.3. The monoisotopic (exact) mass is 444 g/mol. The minimum Gasteiger partial charge on any atom is -0.351 e. The molecule has 2 aromatic carbocycles. The molecule has 0 bridgehead atoms. The molecule has 32 heavy (non-hydrogen) atoms. The summed E-state index contributed by atoms with van der Waals surface area (Å²) in [6, 6.07) is 18.2. The lowest BCUT2D eigenvalue weighted by molar-refractivity contribution is 0.0954. The molecule has 162 valence electrons. The fraction of sp³-hybridized carbons (Fsp3) is 0.250. The Balaban J connectivity index is 1.40. The number of nitrogens with one attached hydrogen (secondary N) is 2. The Kier molecular flexibility index (Phi) is 5.45. The second-order valence-corrected chi connectivity index (χ2v) is 8.43. The van der Waals surface area contributed by atoms with Gasteiger partial charge in [-0.15, -0.1) is 0 Å². The third kappa shape index (κ3) is 4.01. The Morgan fingerprint density at radius 3 is 2.66 bits per heavy atom. The highest BCUT2D eigenvalue weighted by molar-refractivity contribution is 7.71. The van der Waals surface area contributed by atoms with E-state index in [1.165, 1.54) is 0 Å². The quantitative estimate of drug-likeness (QED) is 0.414. The standard InChI is InChI=1S/C24H24N6OS/c1-16-7-5-6-10-19(16)22-20(15-29(28-22)17-8-3-2-4-9-17)23(31)25-14-13-21-26-27-24(32)30(21)18-11-12-18/h2-10,15,18H,11-14H2,1H3,(H,25,31)(H,27,32). The summed E-state index contributed by atoms with van der Waals surface area (Å²) < 4.78 is 4.49. The number of carbonyl (C=O) groups excluding carboxylic acids is 1. The number of rotatable bonds is 7. The van der Waals surface area contributed by atoms with Crippen LogP contribution >= 0.6 is 12.2 Å². The molecule has 0 unspecified atom stereocenters. The summed E-state index contributed by atoms with van der Waals surface area (Å²) in [6.45, 7) is 2.49. The highest BCUT2D eigenvalue weighted by atomic mass is 32.1. The van der Waals surface area contributed by atoms with Crippen molar-refractivity contribution in [3.63, 3.8) is 0 Å². The van der Waals surface area contributed by atoms with E-state index in [-0.39, 0.29) is 5.91 Å². The van der Waals surface area contributed by atoms with Gasteiger partial charge >= 0.3 is 0 Å². The number of amides is 1. The predicted octanol–water partition coefficient (Wildman–Crippen LogP) is 4.41. The van der Waals surface area contributed by atoms with Gasteiger partial charge in [0.2, 0.25) is 0 Å². The Morgan fingerprint density at radius 2 is 1.91 bits per heavy atom. The summed E-state index contributed by atoms with van der Waals surface area (Å²) in [6.07, 6.45) is 4.67. The van der Waals surface area contributed by atoms with Crippen LogP contribution in [0.2, 0.25) is 0 Å². The highest BCUT2D eigenvalue weighted by Crippen LogP contribution is 2.35. The number of para-hydroxylation sites is 1. The highest BCUT2D eigenvalue weighted by Gasteiger charge is 2.27. The van der Waals surface area contributed by atoms with Crippen molar-refractivity contribution in [2.45, 2.75) is 32.2 Å². The average molecular weight is 445 g/mol. The van der Waals surface area contributed by atoms with E-state index in [2.05, 4.69) is 20.1 Å². The van der Waals surface area contributed by atoms with E-state index in [1.54, 1.807) is 10.9 Å². The van der Waals surface area contributed by atoms with Crippen LogP contribution in [0.5, 0.6) is 0 Å². The molecular formula is C24H24N6OS. The van der Waals surface area contributed by atoms with Crippen LogP contribution in [0.4, 0.5) is 0 Å². The van der Waals surface area contributed by atoms with E-state index in [9.17, 15) is 4.79 Å². The van der Waals surface area contributed by atoms with Crippen molar-refractivity contribution in [1.29, 1.82) is 0 Å². The van der Waals surface area contributed by atoms with Gasteiger partial charge in [0.05, 0.1) is 11.3 Å². The smallest absolute Gasteiger partial charge is 0.255 e. The number of nitrogens with zero attached hydrogens (tertiary/aromatic N) is 4. The van der Waals surface area contributed by atoms with Crippen LogP contribution in [0.1, 0.15) is 40.6 Å². The molecule has 1 aliphatic carbocycles. The van der Waals surface area contributed by atoms with Crippen molar-refractivity contribution < 1.29 is 4.79 Å². The van der Waals surface area contributed by atoms with E-state index in [0.717, 1.165) is 35.5 Å². The molecule has 1 aliphatic rings. The first-order valence-electron chi connectivity index (χ1n) is 10.8. The molecule has 2 heterocycles. The maximum absolute atomic E-state index is 13.2. The van der Waals surface area contributed by atoms with Crippen LogP contribution in [0, 0.1) is 11.7 Å². The van der Waals surface area contributed by atoms with Crippen molar-refractivity contribution in [3.8, 4) is 16.9 Å². The second kappa shape index (κ2) is 8.55. The maximum atomic E-state index is 13.2. The van der Waals surface area contributed by atoms with Gasteiger partial charge in [0.25, 0.3) is 5.91 Å². The Labute approximate surface area is 191 Å². The number of aromatic nitrogens is 5. The fourth-order valence-corrected chi connectivity index (χ4v) is 4.20. The van der Waals surface area contributed by atoms with Gasteiger partial charge in [0, 0.05) is 30.8 Å². The van der Waals surface area contributed by atoms with Gasteiger partial charge in [-0.2, -0.15) is 10.2 Å². The molecule has 0 aliphatic heterocycles. The van der Waals surface area contributed by atoms with Crippen LogP contribution < -0.4 is 5.32 Å². The van der Waals surface area contributed by atoms with Crippen molar-refractivity contribution in [1.82, 2.24) is 29.9 Å². The summed E-state index contributed by atoms with van der Waals surface area (Å²) >= 11 is 5.35. The van der Waals surface area contributed by atoms with Gasteiger partial charge in [-0.1, -0.05) is 42.5 Å². The van der Waals surface area contributed by atoms with E-state index >= 15 is 0 Å². The van der Waals surface area contributed by atoms with Gasteiger partial charge < -0.3 is 9.88 Å². The fourth-order valence-electron chi connectivity index (χ4n) is 3.90. The van der Waals surface area contributed by atoms with E-state index < -0.39 is 0 Å². The zero-order valence-corrected chi connectivity index (χ0v) is 18.6. The third-order valence-corrected chi connectivity index (χ3v) is 5.99. The molecule has 0 atom stereocenters. The predicted molar refractivity (Wildman–Crippen MR) is 125 cm³/mol. The molecule has 7 nitrogen and oxygen atoms in total. The molecule has 0 saturated heterocycles. The van der Waals surface area contributed by atoms with Crippen molar-refractivity contribution in [3.05, 3.63) is 82.5 Å². The molecule has 1 saturated carbocycles. The first-order valence-corrected chi connectivity index (χ1v) is 11.2. The van der Waals surface area contributed by atoms with E-state index in [0.29, 0.717) is 35.0 Å². The molecule has 8 heteroatoms. The van der Waals surface area contributed by atoms with Gasteiger partial charge in [0.15, 0.2) is 4.77 Å². The molecule has 1 fully saturated rings. The number of H-pyrrole nitrogens is 1. The largest absolute Gasteiger partial charge is 0.351 e. The molecular weight excluding hydrogens is 420 g/mol. The molecule has 4 aromatic rings. The molecule has 0 spiro atoms. The zero-order valence-electron chi connectivity index (χ0n) is 17.8. The van der Waals surface area contributed by atoms with Crippen LogP contribution in [0.3, 0.4) is 0 Å². The molecule has 1 amide bonds. The summed E-state index contributed by atoms with van der Waals surface area (Å²) in [5.74, 6) is 0.731. The molecule has 2 N–H and O–H groups in total. The van der Waals surface area contributed by atoms with Gasteiger partial charge in [0.1, 0.15) is 11.5 Å². The Bertz CT molecular complexity index is 1320. The van der Waals surface area contributed by atoms with Crippen molar-refractivity contribution in [2.24, 2.45) is 0 Å². The lowest BCUT2D eigenvalue weighted by Crippen LogP contribution is -2.26. The molecule has 0 radical (unpaired) electrons. The Morgan fingerprint density at radius 1 is 1.16 bits per heavy atom. The number of carbonyl (C=O) groups is 1. The SMILES string of the molecule is Cc1ccccc1-c1nn(-c2ccccc2)cc1C(=O)NCCc1n[nH]c(=S)n1C1CC1. The number of aryl methyl sites for hydroxylation is 1. The molecule has 2 aromatic heterocycles. The summed E-state index contributed by atoms with van der Waals surface area (Å²) in [4.78, 5) is 13.2. The van der Waals surface area contributed by atoms with Crippen molar-refractivity contribution in [2.75, 3.05) is 6.54 Å². The minimum absolute atomic E-state index is 0.155. The average Bonchev–Trinajstić information content (AvgIpc) is 3.43. The third-order valence-electron chi connectivity index (χ3n) is 5.70. The first kappa shape index (κ1) is 20.4. The summed E-state index contributed by atoms with van der Waals surface area (Å²) in [7, 11) is 0. The van der Waals surface area contributed by atoms with Crippen LogP contribution in [0.15, 0.2) is 60.8 Å². The topological polar surface area (TPSA) is 80.5 Å². The number of hydrogen-bond donors (Lipinski definition) is 2. The lowest BCUT2D eigenvalue weighted by Gasteiger charge is -2.08. The second-order valence-electron chi connectivity index (χ2n) is 8.04. The van der Waals surface area contributed by atoms with Gasteiger partial charge in [-0.05, 0) is 49.7 Å². The van der Waals surface area contributed by atoms with E-state index in [4.69, 9.17) is 17.3 Å². The van der Waals surface area contributed by atoms with E-state index in [1.807, 2.05) is 61.5 Å². The summed E-state index contributed by atoms with van der Waals surface area (Å²) in [5, 5.41) is 15.0. The number of hydrogen-bond acceptors (Lipinski definition) is 4. The van der Waals surface area contributed by atoms with Crippen LogP contribution in [-0.4, -0.2) is 37.0 Å². The zero-order chi connectivity index (χ0) is 22.1. The summed E-state index contributed by atoms with van der Waals surface area (Å²) in [5.41, 5.74) is 4.14. The van der Waals surface area contributed by atoms with Gasteiger partial charge in [-0.25, -0.2) is 4.68 Å². The first-order chi connectivity index (χ1) is 15.6. The van der Waals surface area contributed by atoms with Gasteiger partial charge in [-0.3, -0.25) is 9.89 Å². The van der Waals surface area contributed by atoms with Crippen LogP contribution in [-0.2, 0) is 6.42 Å². The number of benzene rings is 2. The number of aromatic amines is 1. The molecule has 5 rings (SSSR count). The Hall–Kier alpha value is -3.52. The minimum atomic E-state index is -0.155.